The van der Waals surface area contributed by atoms with Crippen LogP contribution in [0, 0.1) is 6.92 Å². The topological polar surface area (TPSA) is 74.2 Å². The van der Waals surface area contributed by atoms with Gasteiger partial charge in [0.15, 0.2) is 6.10 Å². The largest absolute Gasteiger partial charge is 0.390 e. The lowest BCUT2D eigenvalue weighted by molar-refractivity contribution is 0.0455. The minimum atomic E-state index is -0.666. The van der Waals surface area contributed by atoms with Crippen molar-refractivity contribution in [1.82, 2.24) is 10.2 Å². The smallest absolute Gasteiger partial charge is 0.317 e. The number of amides is 2. The number of nitrogens with zero attached hydrogens (tertiary/aromatic N) is 2. The molecule has 136 valence electrons. The molecule has 3 rings (SSSR count). The highest BCUT2D eigenvalue weighted by molar-refractivity contribution is 6.01. The van der Waals surface area contributed by atoms with Gasteiger partial charge in [-0.1, -0.05) is 35.0 Å². The van der Waals surface area contributed by atoms with Crippen LogP contribution in [-0.4, -0.2) is 53.1 Å². The number of carbonyl (C=O) groups is 1. The number of oxime groups is 1. The van der Waals surface area contributed by atoms with Gasteiger partial charge in [-0.05, 0) is 38.7 Å². The van der Waals surface area contributed by atoms with Crippen LogP contribution in [0.2, 0.25) is 0 Å². The first-order valence-corrected chi connectivity index (χ1v) is 8.98. The van der Waals surface area contributed by atoms with Gasteiger partial charge in [-0.15, -0.1) is 0 Å². The van der Waals surface area contributed by atoms with Crippen LogP contribution in [-0.2, 0) is 4.84 Å². The number of nitrogens with one attached hydrogen (secondary N) is 1. The zero-order chi connectivity index (χ0) is 17.9. The number of aryl methyl sites for hydroxylation is 1. The maximum atomic E-state index is 12.3. The molecule has 2 N–H and O–H groups in total. The van der Waals surface area contributed by atoms with Crippen molar-refractivity contribution >= 4 is 11.7 Å². The molecule has 2 heterocycles. The molecule has 0 unspecified atom stereocenters. The Morgan fingerprint density at radius 2 is 2.12 bits per heavy atom. The minimum absolute atomic E-state index is 0.0925. The molecule has 0 saturated carbocycles. The second-order valence-corrected chi connectivity index (χ2v) is 7.36. The van der Waals surface area contributed by atoms with E-state index >= 15 is 0 Å². The van der Waals surface area contributed by atoms with E-state index in [0.29, 0.717) is 32.5 Å². The lowest BCUT2D eigenvalue weighted by Gasteiger charge is -2.23. The molecule has 1 fully saturated rings. The molecular weight excluding hydrogens is 318 g/mol. The Morgan fingerprint density at radius 3 is 2.88 bits per heavy atom. The highest BCUT2D eigenvalue weighted by Gasteiger charge is 2.28. The zero-order valence-electron chi connectivity index (χ0n) is 15.0. The SMILES string of the molecule is Cc1ccc(C2=NO[C@@H](CNC(=O)N3CCC[C@@](C)(O)CC3)C2)cc1. The van der Waals surface area contributed by atoms with Gasteiger partial charge in [0.05, 0.1) is 17.9 Å². The van der Waals surface area contributed by atoms with Crippen molar-refractivity contribution in [2.45, 2.75) is 51.2 Å². The van der Waals surface area contributed by atoms with Crippen LogP contribution < -0.4 is 5.32 Å². The maximum absolute atomic E-state index is 12.3. The molecular formula is C19H27N3O3. The van der Waals surface area contributed by atoms with E-state index in [2.05, 4.69) is 29.5 Å². The van der Waals surface area contributed by atoms with Crippen LogP contribution in [0.1, 0.15) is 43.7 Å². The molecule has 2 aliphatic heterocycles. The third-order valence-electron chi connectivity index (χ3n) is 4.95. The molecule has 0 aromatic heterocycles. The Morgan fingerprint density at radius 1 is 1.36 bits per heavy atom. The first-order chi connectivity index (χ1) is 11.9. The number of benzene rings is 1. The van der Waals surface area contributed by atoms with Gasteiger partial charge >= 0.3 is 6.03 Å². The van der Waals surface area contributed by atoms with Gasteiger partial charge in [0.2, 0.25) is 0 Å². The van der Waals surface area contributed by atoms with Gasteiger partial charge in [0, 0.05) is 19.5 Å². The van der Waals surface area contributed by atoms with Crippen LogP contribution >= 0.6 is 0 Å². The summed E-state index contributed by atoms with van der Waals surface area (Å²) in [6.45, 7) is 5.58. The fraction of sp³-hybridized carbons (Fsp3) is 0.579. The molecule has 0 aliphatic carbocycles. The number of hydrogen-bond donors (Lipinski definition) is 2. The summed E-state index contributed by atoms with van der Waals surface area (Å²) in [4.78, 5) is 19.6. The van der Waals surface area contributed by atoms with Crippen LogP contribution in [0.3, 0.4) is 0 Å². The summed E-state index contributed by atoms with van der Waals surface area (Å²) in [6.07, 6.45) is 2.73. The number of urea groups is 1. The predicted molar refractivity (Wildman–Crippen MR) is 96.7 cm³/mol. The average Bonchev–Trinajstić information content (AvgIpc) is 2.97. The summed E-state index contributed by atoms with van der Waals surface area (Å²) in [5, 5.41) is 17.2. The zero-order valence-corrected chi connectivity index (χ0v) is 15.0. The summed E-state index contributed by atoms with van der Waals surface area (Å²) >= 11 is 0. The average molecular weight is 345 g/mol. The van der Waals surface area contributed by atoms with Crippen molar-refractivity contribution in [2.24, 2.45) is 5.16 Å². The maximum Gasteiger partial charge on any atom is 0.317 e. The van der Waals surface area contributed by atoms with Crippen molar-refractivity contribution in [3.63, 3.8) is 0 Å². The molecule has 6 nitrogen and oxygen atoms in total. The number of carbonyl (C=O) groups excluding carboxylic acids is 1. The third-order valence-corrected chi connectivity index (χ3v) is 4.95. The molecule has 0 radical (unpaired) electrons. The molecule has 1 aromatic carbocycles. The van der Waals surface area contributed by atoms with E-state index in [1.54, 1.807) is 4.90 Å². The Labute approximate surface area is 148 Å². The van der Waals surface area contributed by atoms with E-state index in [4.69, 9.17) is 4.84 Å². The standard InChI is InChI=1S/C19H27N3O3/c1-14-4-6-15(7-5-14)17-12-16(25-21-17)13-20-18(23)22-10-3-8-19(2,24)9-11-22/h4-7,16,24H,3,8-13H2,1-2H3,(H,20,23)/t16-,19-/m1/s1. The molecule has 6 heteroatoms. The molecule has 2 aliphatic rings. The summed E-state index contributed by atoms with van der Waals surface area (Å²) in [5.41, 5.74) is 2.53. The van der Waals surface area contributed by atoms with Gasteiger partial charge in [0.25, 0.3) is 0 Å². The molecule has 0 bridgehead atoms. The van der Waals surface area contributed by atoms with Crippen LogP contribution in [0.5, 0.6) is 0 Å². The molecule has 1 saturated heterocycles. The molecule has 2 atom stereocenters. The molecule has 25 heavy (non-hydrogen) atoms. The Bertz CT molecular complexity index is 640. The van der Waals surface area contributed by atoms with Crippen molar-refractivity contribution in [2.75, 3.05) is 19.6 Å². The summed E-state index contributed by atoms with van der Waals surface area (Å²) in [5.74, 6) is 0. The normalized spacial score (nSPS) is 26.6. The van der Waals surface area contributed by atoms with E-state index in [1.165, 1.54) is 5.56 Å². The lowest BCUT2D eigenvalue weighted by atomic mass is 9.98. The minimum Gasteiger partial charge on any atom is -0.390 e. The van der Waals surface area contributed by atoms with E-state index < -0.39 is 5.60 Å². The first kappa shape index (κ1) is 17.7. The predicted octanol–water partition coefficient (Wildman–Crippen LogP) is 2.43. The van der Waals surface area contributed by atoms with Gasteiger partial charge in [-0.3, -0.25) is 0 Å². The van der Waals surface area contributed by atoms with Crippen LogP contribution in [0.25, 0.3) is 0 Å². The van der Waals surface area contributed by atoms with E-state index in [-0.39, 0.29) is 12.1 Å². The van der Waals surface area contributed by atoms with Crippen LogP contribution in [0.15, 0.2) is 29.4 Å². The molecule has 2 amide bonds. The summed E-state index contributed by atoms with van der Waals surface area (Å²) in [7, 11) is 0. The van der Waals surface area contributed by atoms with Crippen molar-refractivity contribution in [3.05, 3.63) is 35.4 Å². The monoisotopic (exact) mass is 345 g/mol. The van der Waals surface area contributed by atoms with E-state index in [1.807, 2.05) is 19.1 Å². The Hall–Kier alpha value is -2.08. The van der Waals surface area contributed by atoms with Gasteiger partial charge in [0.1, 0.15) is 0 Å². The lowest BCUT2D eigenvalue weighted by Crippen LogP contribution is -2.43. The Kier molecular flexibility index (Phi) is 5.27. The Balaban J connectivity index is 1.45. The number of likely N-dealkylation sites (tertiary alicyclic amines) is 1. The van der Waals surface area contributed by atoms with Crippen molar-refractivity contribution < 1.29 is 14.7 Å². The third kappa shape index (κ3) is 4.72. The quantitative estimate of drug-likeness (QED) is 0.884. The second kappa shape index (κ2) is 7.44. The highest BCUT2D eigenvalue weighted by atomic mass is 16.6. The first-order valence-electron chi connectivity index (χ1n) is 8.98. The summed E-state index contributed by atoms with van der Waals surface area (Å²) < 4.78 is 0. The van der Waals surface area contributed by atoms with E-state index in [9.17, 15) is 9.90 Å². The fourth-order valence-corrected chi connectivity index (χ4v) is 3.23. The number of hydrogen-bond acceptors (Lipinski definition) is 4. The summed E-state index contributed by atoms with van der Waals surface area (Å²) in [6, 6.07) is 8.11. The van der Waals surface area contributed by atoms with Gasteiger partial charge in [-0.2, -0.15) is 0 Å². The van der Waals surface area contributed by atoms with Crippen molar-refractivity contribution in [3.8, 4) is 0 Å². The van der Waals surface area contributed by atoms with Crippen molar-refractivity contribution in [1.29, 1.82) is 0 Å². The number of aliphatic hydroxyl groups is 1. The van der Waals surface area contributed by atoms with Gasteiger partial charge in [-0.25, -0.2) is 4.79 Å². The number of rotatable bonds is 3. The molecule has 0 spiro atoms. The fourth-order valence-electron chi connectivity index (χ4n) is 3.23. The highest BCUT2D eigenvalue weighted by Crippen LogP contribution is 2.21. The van der Waals surface area contributed by atoms with Gasteiger partial charge < -0.3 is 20.2 Å². The molecule has 1 aromatic rings. The van der Waals surface area contributed by atoms with Crippen LogP contribution in [0.4, 0.5) is 4.79 Å². The second-order valence-electron chi connectivity index (χ2n) is 7.36. The van der Waals surface area contributed by atoms with E-state index in [0.717, 1.165) is 24.1 Å².